The average Bonchev–Trinajstić information content (AvgIpc) is 2.90. The second kappa shape index (κ2) is 7.44. The van der Waals surface area contributed by atoms with Crippen LogP contribution in [0.4, 0.5) is 0 Å². The molecule has 1 amide bonds. The van der Waals surface area contributed by atoms with Crippen molar-refractivity contribution in [3.8, 4) is 0 Å². The number of nitrogens with zero attached hydrogens (tertiary/aromatic N) is 2. The van der Waals surface area contributed by atoms with Gasteiger partial charge in [0.15, 0.2) is 5.96 Å². The van der Waals surface area contributed by atoms with E-state index in [1.807, 2.05) is 23.6 Å². The van der Waals surface area contributed by atoms with E-state index in [1.54, 1.807) is 7.11 Å². The van der Waals surface area contributed by atoms with Gasteiger partial charge in [0, 0.05) is 24.6 Å². The zero-order valence-corrected chi connectivity index (χ0v) is 15.6. The zero-order valence-electron chi connectivity index (χ0n) is 14.8. The number of hydrogen-bond donors (Lipinski definition) is 3. The van der Waals surface area contributed by atoms with E-state index in [-0.39, 0.29) is 12.1 Å². The first-order valence-electron chi connectivity index (χ1n) is 7.75. The molecule has 2 aromatic rings. The zero-order chi connectivity index (χ0) is 19.6. The molecule has 0 radical (unpaired) electrons. The highest BCUT2D eigenvalue weighted by molar-refractivity contribution is 7.85. The van der Waals surface area contributed by atoms with Gasteiger partial charge in [-0.1, -0.05) is 12.1 Å². The third-order valence-corrected chi connectivity index (χ3v) is 4.00. The number of carbonyl (C=O) groups excluding carboxylic acids is 1. The summed E-state index contributed by atoms with van der Waals surface area (Å²) in [4.78, 5) is 15.9. The smallest absolute Gasteiger partial charge is 0.296 e. The van der Waals surface area contributed by atoms with E-state index in [0.717, 1.165) is 28.5 Å². The molecule has 3 rings (SSSR count). The van der Waals surface area contributed by atoms with Gasteiger partial charge in [-0.15, -0.1) is 0 Å². The van der Waals surface area contributed by atoms with Crippen molar-refractivity contribution in [1.82, 2.24) is 4.57 Å². The Morgan fingerprint density at radius 1 is 1.38 bits per heavy atom. The number of amides is 1. The molecular weight excluding hydrogens is 360 g/mol. The number of rotatable bonds is 2. The molecule has 1 aromatic heterocycles. The SMILES string of the molecule is COC1CCn2c(C(=O)N=C(N)N)cc3c(C)ccc1c32.CS(=O)(=O)O. The summed E-state index contributed by atoms with van der Waals surface area (Å²) in [5.41, 5.74) is 14.4. The number of aliphatic imine (C=N–C) groups is 1. The first-order chi connectivity index (χ1) is 12.0. The van der Waals surface area contributed by atoms with Crippen LogP contribution in [-0.4, -0.2) is 42.8 Å². The standard InChI is InChI=1S/C15H18N4O2.CH4O3S/c1-8-3-4-9-12(21-2)5-6-19-11(7-10(8)13(9)19)14(20)18-15(16)17;1-5(2,3)4/h3-4,7,12H,5-6H2,1-2H3,(H4,16,17,18,20);1H3,(H,2,3,4). The number of ether oxygens (including phenoxy) is 1. The maximum atomic E-state index is 12.2. The fourth-order valence-electron chi connectivity index (χ4n) is 3.03. The van der Waals surface area contributed by atoms with Crippen molar-refractivity contribution in [3.63, 3.8) is 0 Å². The van der Waals surface area contributed by atoms with Gasteiger partial charge in [-0.05, 0) is 25.0 Å². The van der Waals surface area contributed by atoms with Crippen molar-refractivity contribution in [2.24, 2.45) is 16.5 Å². The molecule has 10 heteroatoms. The molecule has 1 aliphatic rings. The van der Waals surface area contributed by atoms with Gasteiger partial charge in [-0.3, -0.25) is 9.35 Å². The Morgan fingerprint density at radius 2 is 2.00 bits per heavy atom. The monoisotopic (exact) mass is 382 g/mol. The largest absolute Gasteiger partial charge is 0.377 e. The molecule has 0 bridgehead atoms. The van der Waals surface area contributed by atoms with E-state index in [4.69, 9.17) is 20.8 Å². The summed E-state index contributed by atoms with van der Waals surface area (Å²) >= 11 is 0. The molecule has 0 saturated carbocycles. The van der Waals surface area contributed by atoms with Crippen molar-refractivity contribution in [2.45, 2.75) is 26.0 Å². The number of nitrogens with two attached hydrogens (primary N) is 2. The topological polar surface area (TPSA) is 150 Å². The molecule has 0 spiro atoms. The van der Waals surface area contributed by atoms with Gasteiger partial charge >= 0.3 is 0 Å². The lowest BCUT2D eigenvalue weighted by molar-refractivity contribution is 0.0872. The van der Waals surface area contributed by atoms with Gasteiger partial charge in [0.1, 0.15) is 5.69 Å². The second-order valence-corrected chi connectivity index (χ2v) is 7.47. The fraction of sp³-hybridized carbons (Fsp3) is 0.375. The fourth-order valence-corrected chi connectivity index (χ4v) is 3.03. The van der Waals surface area contributed by atoms with Gasteiger partial charge < -0.3 is 20.8 Å². The van der Waals surface area contributed by atoms with E-state index >= 15 is 0 Å². The molecule has 0 saturated heterocycles. The molecule has 0 fully saturated rings. The van der Waals surface area contributed by atoms with Gasteiger partial charge in [-0.2, -0.15) is 13.4 Å². The van der Waals surface area contributed by atoms with E-state index in [1.165, 1.54) is 0 Å². The molecule has 5 N–H and O–H groups in total. The van der Waals surface area contributed by atoms with Crippen LogP contribution in [0.25, 0.3) is 10.9 Å². The van der Waals surface area contributed by atoms with Crippen LogP contribution in [0, 0.1) is 6.92 Å². The Bertz CT molecular complexity index is 966. The van der Waals surface area contributed by atoms with Gasteiger partial charge in [-0.25, -0.2) is 0 Å². The lowest BCUT2D eigenvalue weighted by Gasteiger charge is -2.25. The quantitative estimate of drug-likeness (QED) is 0.397. The van der Waals surface area contributed by atoms with Gasteiger partial charge in [0.05, 0.1) is 17.9 Å². The molecule has 9 nitrogen and oxygen atoms in total. The number of hydrogen-bond acceptors (Lipinski definition) is 4. The Morgan fingerprint density at radius 3 is 2.54 bits per heavy atom. The number of benzene rings is 1. The summed E-state index contributed by atoms with van der Waals surface area (Å²) in [5.74, 6) is -0.631. The van der Waals surface area contributed by atoms with E-state index in [0.29, 0.717) is 18.5 Å². The minimum absolute atomic E-state index is 0.0570. The normalized spacial score (nSPS) is 15.9. The van der Waals surface area contributed by atoms with Crippen LogP contribution >= 0.6 is 0 Å². The maximum absolute atomic E-state index is 12.2. The van der Waals surface area contributed by atoms with Crippen LogP contribution in [-0.2, 0) is 21.4 Å². The predicted octanol–water partition coefficient (Wildman–Crippen LogP) is 0.959. The van der Waals surface area contributed by atoms with E-state index < -0.39 is 16.0 Å². The Hall–Kier alpha value is -2.43. The van der Waals surface area contributed by atoms with Crippen LogP contribution in [0.15, 0.2) is 23.2 Å². The summed E-state index contributed by atoms with van der Waals surface area (Å²) in [6.45, 7) is 2.73. The van der Waals surface area contributed by atoms with Crippen LogP contribution < -0.4 is 11.5 Å². The van der Waals surface area contributed by atoms with Crippen molar-refractivity contribution in [2.75, 3.05) is 13.4 Å². The highest BCUT2D eigenvalue weighted by Gasteiger charge is 2.26. The second-order valence-electron chi connectivity index (χ2n) is 6.00. The van der Waals surface area contributed by atoms with Crippen molar-refractivity contribution in [1.29, 1.82) is 0 Å². The van der Waals surface area contributed by atoms with Crippen molar-refractivity contribution >= 4 is 32.9 Å². The third kappa shape index (κ3) is 4.40. The Labute approximate surface area is 151 Å². The number of aromatic nitrogens is 1. The number of methoxy groups -OCH3 is 1. The van der Waals surface area contributed by atoms with Crippen molar-refractivity contribution < 1.29 is 22.5 Å². The Balaban J connectivity index is 0.000000431. The first-order valence-corrected chi connectivity index (χ1v) is 9.59. The van der Waals surface area contributed by atoms with Crippen LogP contribution in [0.2, 0.25) is 0 Å². The van der Waals surface area contributed by atoms with E-state index in [2.05, 4.69) is 11.1 Å². The molecule has 1 unspecified atom stereocenters. The molecule has 1 aliphatic heterocycles. The summed E-state index contributed by atoms with van der Waals surface area (Å²) in [6, 6.07) is 5.98. The maximum Gasteiger partial charge on any atom is 0.296 e. The number of carbonyl (C=O) groups is 1. The highest BCUT2D eigenvalue weighted by atomic mass is 32.2. The lowest BCUT2D eigenvalue weighted by Crippen LogP contribution is -2.25. The van der Waals surface area contributed by atoms with Crippen molar-refractivity contribution in [3.05, 3.63) is 35.0 Å². The van der Waals surface area contributed by atoms with Crippen LogP contribution in [0.1, 0.15) is 34.1 Å². The molecule has 26 heavy (non-hydrogen) atoms. The van der Waals surface area contributed by atoms with Crippen LogP contribution in [0.5, 0.6) is 0 Å². The summed E-state index contributed by atoms with van der Waals surface area (Å²) < 4.78 is 33.4. The molecule has 142 valence electrons. The number of aryl methyl sites for hydroxylation is 2. The molecule has 1 atom stereocenters. The minimum Gasteiger partial charge on any atom is -0.377 e. The molecular formula is C16H22N4O5S. The molecule has 0 aliphatic carbocycles. The summed E-state index contributed by atoms with van der Waals surface area (Å²) in [6.07, 6.45) is 1.59. The summed E-state index contributed by atoms with van der Waals surface area (Å²) in [7, 11) is -1.96. The highest BCUT2D eigenvalue weighted by Crippen LogP contribution is 2.37. The predicted molar refractivity (Wildman–Crippen MR) is 98.7 cm³/mol. The first kappa shape index (κ1) is 19.9. The minimum atomic E-state index is -3.67. The average molecular weight is 382 g/mol. The molecule has 1 aromatic carbocycles. The third-order valence-electron chi connectivity index (χ3n) is 4.00. The Kier molecular flexibility index (Phi) is 5.69. The van der Waals surface area contributed by atoms with Gasteiger partial charge in [0.25, 0.3) is 16.0 Å². The lowest BCUT2D eigenvalue weighted by atomic mass is 9.98. The van der Waals surface area contributed by atoms with Crippen LogP contribution in [0.3, 0.4) is 0 Å². The molecule has 2 heterocycles. The summed E-state index contributed by atoms with van der Waals surface area (Å²) in [5, 5.41) is 1.04. The number of guanidine groups is 1. The van der Waals surface area contributed by atoms with E-state index in [9.17, 15) is 13.2 Å². The van der Waals surface area contributed by atoms with Gasteiger partial charge in [0.2, 0.25) is 0 Å².